The molecule has 0 aliphatic carbocycles. The van der Waals surface area contributed by atoms with Crippen LogP contribution in [0.2, 0.25) is 0 Å². The SMILES string of the molecule is COc1ccc(S(=O)(=O)N2c3ccccc3CCC2CCS(=O)(=O)N2CCC(NCc3ccc(F)cc3)CC2)c(OC)c1. The van der Waals surface area contributed by atoms with Crippen molar-refractivity contribution in [2.45, 2.75) is 55.6 Å². The van der Waals surface area contributed by atoms with E-state index in [4.69, 9.17) is 9.47 Å². The number of hydrogen-bond donors (Lipinski definition) is 1. The van der Waals surface area contributed by atoms with E-state index in [9.17, 15) is 21.2 Å². The van der Waals surface area contributed by atoms with Crippen LogP contribution < -0.4 is 19.1 Å². The Balaban J connectivity index is 1.28. The summed E-state index contributed by atoms with van der Waals surface area (Å²) in [5.41, 5.74) is 2.42. The lowest BCUT2D eigenvalue weighted by atomic mass is 9.97. The number of piperidine rings is 1. The summed E-state index contributed by atoms with van der Waals surface area (Å²) in [6.07, 6.45) is 2.64. The molecule has 0 radical (unpaired) electrons. The van der Waals surface area contributed by atoms with Gasteiger partial charge in [-0.1, -0.05) is 30.3 Å². The first-order chi connectivity index (χ1) is 20.6. The first-order valence-corrected chi connectivity index (χ1v) is 17.5. The Bertz CT molecular complexity index is 1630. The molecule has 0 bridgehead atoms. The van der Waals surface area contributed by atoms with E-state index in [0.29, 0.717) is 56.8 Å². The molecule has 5 rings (SSSR count). The number of halogens is 1. The molecule has 1 unspecified atom stereocenters. The topological polar surface area (TPSA) is 105 Å². The number of nitrogens with one attached hydrogen (secondary N) is 1. The molecule has 2 heterocycles. The summed E-state index contributed by atoms with van der Waals surface area (Å²) < 4.78 is 82.1. The van der Waals surface area contributed by atoms with Crippen LogP contribution in [0.25, 0.3) is 0 Å². The highest BCUT2D eigenvalue weighted by molar-refractivity contribution is 7.93. The zero-order valence-corrected chi connectivity index (χ0v) is 26.0. The minimum atomic E-state index is -4.11. The minimum Gasteiger partial charge on any atom is -0.497 e. The number of anilines is 1. The van der Waals surface area contributed by atoms with E-state index in [1.165, 1.54) is 47.1 Å². The lowest BCUT2D eigenvalue weighted by Crippen LogP contribution is -2.47. The Morgan fingerprint density at radius 1 is 0.907 bits per heavy atom. The maximum atomic E-state index is 14.2. The molecular weight excluding hydrogens is 593 g/mol. The number of aryl methyl sites for hydroxylation is 1. The number of nitrogens with zero attached hydrogens (tertiary/aromatic N) is 2. The van der Waals surface area contributed by atoms with Gasteiger partial charge in [0.25, 0.3) is 10.0 Å². The Hall–Kier alpha value is -3.19. The van der Waals surface area contributed by atoms with Crippen LogP contribution in [0.4, 0.5) is 10.1 Å². The molecular formula is C31H38FN3O6S2. The van der Waals surface area contributed by atoms with Crippen molar-refractivity contribution in [1.82, 2.24) is 9.62 Å². The van der Waals surface area contributed by atoms with Gasteiger partial charge in [0.05, 0.1) is 25.7 Å². The van der Waals surface area contributed by atoms with Gasteiger partial charge >= 0.3 is 0 Å². The molecule has 0 aromatic heterocycles. The van der Waals surface area contributed by atoms with Crippen molar-refractivity contribution >= 4 is 25.7 Å². The van der Waals surface area contributed by atoms with Crippen LogP contribution in [0.3, 0.4) is 0 Å². The second kappa shape index (κ2) is 13.2. The fourth-order valence-electron chi connectivity index (χ4n) is 5.87. The van der Waals surface area contributed by atoms with Gasteiger partial charge in [0.15, 0.2) is 0 Å². The number of hydrogen-bond acceptors (Lipinski definition) is 7. The molecule has 1 atom stereocenters. The van der Waals surface area contributed by atoms with Gasteiger partial charge in [-0.05, 0) is 73.6 Å². The lowest BCUT2D eigenvalue weighted by molar-refractivity contribution is 0.288. The standard InChI is InChI=1S/C31H38FN3O6S2/c1-40-28-13-14-31(30(21-28)41-2)43(38,39)35-27(12-9-24-5-3-4-6-29(24)35)17-20-42(36,37)34-18-15-26(16-19-34)33-22-23-7-10-25(32)11-8-23/h3-8,10-11,13-14,21,26-27,33H,9,12,15-20,22H2,1-2H3. The zero-order valence-electron chi connectivity index (χ0n) is 24.4. The molecule has 9 nitrogen and oxygen atoms in total. The Morgan fingerprint density at radius 2 is 1.63 bits per heavy atom. The fraction of sp³-hybridized carbons (Fsp3) is 0.419. The van der Waals surface area contributed by atoms with Gasteiger partial charge in [0.1, 0.15) is 22.2 Å². The molecule has 1 fully saturated rings. The zero-order chi connectivity index (χ0) is 30.6. The number of rotatable bonds is 11. The first-order valence-electron chi connectivity index (χ1n) is 14.4. The monoisotopic (exact) mass is 631 g/mol. The average molecular weight is 632 g/mol. The van der Waals surface area contributed by atoms with Gasteiger partial charge in [-0.15, -0.1) is 0 Å². The van der Waals surface area contributed by atoms with Gasteiger partial charge in [-0.2, -0.15) is 0 Å². The third-order valence-electron chi connectivity index (χ3n) is 8.28. The summed E-state index contributed by atoms with van der Waals surface area (Å²) in [4.78, 5) is -0.00410. The number of sulfonamides is 2. The van der Waals surface area contributed by atoms with Gasteiger partial charge in [-0.3, -0.25) is 4.31 Å². The molecule has 2 aliphatic rings. The molecule has 0 amide bonds. The van der Waals surface area contributed by atoms with Crippen molar-refractivity contribution in [2.75, 3.05) is 37.4 Å². The largest absolute Gasteiger partial charge is 0.497 e. The molecule has 3 aromatic rings. The second-order valence-electron chi connectivity index (χ2n) is 10.9. The van der Waals surface area contributed by atoms with Crippen LogP contribution >= 0.6 is 0 Å². The van der Waals surface area contributed by atoms with E-state index in [1.54, 1.807) is 30.3 Å². The van der Waals surface area contributed by atoms with E-state index in [-0.39, 0.29) is 34.7 Å². The molecule has 232 valence electrons. The summed E-state index contributed by atoms with van der Waals surface area (Å²) in [7, 11) is -4.82. The van der Waals surface area contributed by atoms with E-state index in [0.717, 1.165) is 11.1 Å². The predicted molar refractivity (Wildman–Crippen MR) is 164 cm³/mol. The highest BCUT2D eigenvalue weighted by Gasteiger charge is 2.39. The molecule has 1 N–H and O–H groups in total. The van der Waals surface area contributed by atoms with Gasteiger partial charge in [0, 0.05) is 37.8 Å². The number of fused-ring (bicyclic) bond motifs is 1. The van der Waals surface area contributed by atoms with Crippen LogP contribution in [-0.4, -0.2) is 66.3 Å². The Morgan fingerprint density at radius 3 is 2.33 bits per heavy atom. The summed E-state index contributed by atoms with van der Waals surface area (Å²) >= 11 is 0. The molecule has 43 heavy (non-hydrogen) atoms. The maximum Gasteiger partial charge on any atom is 0.268 e. The van der Waals surface area contributed by atoms with Crippen LogP contribution in [0.1, 0.15) is 36.8 Å². The van der Waals surface area contributed by atoms with Crippen molar-refractivity contribution in [3.63, 3.8) is 0 Å². The second-order valence-corrected chi connectivity index (χ2v) is 14.8. The number of benzene rings is 3. The quantitative estimate of drug-likeness (QED) is 0.336. The molecule has 0 saturated carbocycles. The number of para-hydroxylation sites is 1. The van der Waals surface area contributed by atoms with Crippen LogP contribution in [-0.2, 0) is 33.0 Å². The van der Waals surface area contributed by atoms with E-state index >= 15 is 0 Å². The lowest BCUT2D eigenvalue weighted by Gasteiger charge is -2.38. The van der Waals surface area contributed by atoms with E-state index in [1.807, 2.05) is 12.1 Å². The average Bonchev–Trinajstić information content (AvgIpc) is 3.03. The van der Waals surface area contributed by atoms with Crippen LogP contribution in [0, 0.1) is 5.82 Å². The van der Waals surface area contributed by atoms with Gasteiger partial charge < -0.3 is 14.8 Å². The van der Waals surface area contributed by atoms with Crippen molar-refractivity contribution in [1.29, 1.82) is 0 Å². The smallest absolute Gasteiger partial charge is 0.268 e. The van der Waals surface area contributed by atoms with Gasteiger partial charge in [0.2, 0.25) is 10.0 Å². The first kappa shape index (κ1) is 31.2. The maximum absolute atomic E-state index is 14.2. The fourth-order valence-corrected chi connectivity index (χ4v) is 9.36. The summed E-state index contributed by atoms with van der Waals surface area (Å²) in [6.45, 7) is 1.37. The van der Waals surface area contributed by atoms with Crippen molar-refractivity contribution in [2.24, 2.45) is 0 Å². The minimum absolute atomic E-state index is 0.00410. The van der Waals surface area contributed by atoms with Crippen molar-refractivity contribution < 1.29 is 30.7 Å². The van der Waals surface area contributed by atoms with Crippen molar-refractivity contribution in [3.8, 4) is 11.5 Å². The van der Waals surface area contributed by atoms with E-state index < -0.39 is 26.1 Å². The summed E-state index contributed by atoms with van der Waals surface area (Å²) in [6, 6.07) is 17.9. The van der Waals surface area contributed by atoms with Crippen LogP contribution in [0.15, 0.2) is 71.6 Å². The number of ether oxygens (including phenoxy) is 2. The summed E-state index contributed by atoms with van der Waals surface area (Å²) in [5.74, 6) is 0.191. The Labute approximate surface area is 253 Å². The summed E-state index contributed by atoms with van der Waals surface area (Å²) in [5, 5.41) is 3.44. The normalized spacial score (nSPS) is 18.3. The molecule has 2 aliphatic heterocycles. The van der Waals surface area contributed by atoms with Crippen molar-refractivity contribution in [3.05, 3.63) is 83.7 Å². The predicted octanol–water partition coefficient (Wildman–Crippen LogP) is 4.33. The third kappa shape index (κ3) is 6.98. The third-order valence-corrected chi connectivity index (χ3v) is 12.1. The molecule has 0 spiro atoms. The Kier molecular flexibility index (Phi) is 9.60. The highest BCUT2D eigenvalue weighted by atomic mass is 32.2. The highest BCUT2D eigenvalue weighted by Crippen LogP contribution is 2.39. The molecule has 12 heteroatoms. The number of methoxy groups -OCH3 is 2. The molecule has 1 saturated heterocycles. The van der Waals surface area contributed by atoms with E-state index in [2.05, 4.69) is 5.32 Å². The van der Waals surface area contributed by atoms with Gasteiger partial charge in [-0.25, -0.2) is 25.5 Å². The molecule has 3 aromatic carbocycles. The van der Waals surface area contributed by atoms with Crippen LogP contribution in [0.5, 0.6) is 11.5 Å².